The standard InChI is InChI=1S/C27H25ClN2O4S/c1-35(32,33)30(24-15-14-21-6-2-3-7-23(21)18-24)19-20-10-12-22(13-11-20)27(31)29-16-17-34-26-9-5-4-8-25(26)28/h2-15,18H,16-17,19H2,1H3,(H,29,31). The van der Waals surface area contributed by atoms with E-state index in [1.54, 1.807) is 42.5 Å². The summed E-state index contributed by atoms with van der Waals surface area (Å²) in [5, 5.41) is 5.32. The zero-order valence-corrected chi connectivity index (χ0v) is 20.7. The van der Waals surface area contributed by atoms with E-state index in [9.17, 15) is 13.2 Å². The van der Waals surface area contributed by atoms with Crippen molar-refractivity contribution in [3.05, 3.63) is 107 Å². The number of fused-ring (bicyclic) bond motifs is 1. The molecule has 0 aromatic heterocycles. The van der Waals surface area contributed by atoms with Gasteiger partial charge in [-0.2, -0.15) is 0 Å². The van der Waals surface area contributed by atoms with Gasteiger partial charge in [0, 0.05) is 5.56 Å². The topological polar surface area (TPSA) is 75.7 Å². The lowest BCUT2D eigenvalue weighted by atomic mass is 10.1. The Balaban J connectivity index is 1.39. The highest BCUT2D eigenvalue weighted by molar-refractivity contribution is 7.92. The van der Waals surface area contributed by atoms with Gasteiger partial charge in [-0.3, -0.25) is 9.10 Å². The van der Waals surface area contributed by atoms with E-state index in [-0.39, 0.29) is 19.1 Å². The van der Waals surface area contributed by atoms with E-state index < -0.39 is 10.0 Å². The Morgan fingerprint density at radius 3 is 2.31 bits per heavy atom. The highest BCUT2D eigenvalue weighted by atomic mass is 35.5. The number of nitrogens with zero attached hydrogens (tertiary/aromatic N) is 1. The minimum atomic E-state index is -3.52. The number of hydrogen-bond donors (Lipinski definition) is 1. The van der Waals surface area contributed by atoms with Crippen LogP contribution in [0.3, 0.4) is 0 Å². The van der Waals surface area contributed by atoms with Crippen molar-refractivity contribution in [2.75, 3.05) is 23.7 Å². The molecule has 0 aliphatic heterocycles. The lowest BCUT2D eigenvalue weighted by Crippen LogP contribution is -2.29. The number of sulfonamides is 1. The first-order valence-corrected chi connectivity index (χ1v) is 13.2. The average molecular weight is 509 g/mol. The molecule has 0 saturated carbocycles. The molecule has 0 fully saturated rings. The molecule has 180 valence electrons. The van der Waals surface area contributed by atoms with Crippen LogP contribution in [0.5, 0.6) is 5.75 Å². The molecule has 0 heterocycles. The summed E-state index contributed by atoms with van der Waals surface area (Å²) in [5.74, 6) is 0.323. The zero-order valence-electron chi connectivity index (χ0n) is 19.1. The highest BCUT2D eigenvalue weighted by Gasteiger charge is 2.18. The first-order valence-electron chi connectivity index (χ1n) is 11.0. The van der Waals surface area contributed by atoms with Gasteiger partial charge in [0.2, 0.25) is 10.0 Å². The van der Waals surface area contributed by atoms with Gasteiger partial charge >= 0.3 is 0 Å². The molecule has 1 amide bonds. The number of halogens is 1. The van der Waals surface area contributed by atoms with Crippen molar-refractivity contribution in [3.63, 3.8) is 0 Å². The van der Waals surface area contributed by atoms with Crippen molar-refractivity contribution < 1.29 is 17.9 Å². The fourth-order valence-electron chi connectivity index (χ4n) is 3.65. The van der Waals surface area contributed by atoms with Gasteiger partial charge in [-0.1, -0.05) is 66.2 Å². The molecular weight excluding hydrogens is 484 g/mol. The summed E-state index contributed by atoms with van der Waals surface area (Å²) in [7, 11) is -3.52. The largest absolute Gasteiger partial charge is 0.490 e. The van der Waals surface area contributed by atoms with Crippen molar-refractivity contribution >= 4 is 44.0 Å². The van der Waals surface area contributed by atoms with Gasteiger partial charge in [0.05, 0.1) is 30.1 Å². The fraction of sp³-hybridized carbons (Fsp3) is 0.148. The van der Waals surface area contributed by atoms with Crippen molar-refractivity contribution in [1.29, 1.82) is 0 Å². The number of para-hydroxylation sites is 1. The van der Waals surface area contributed by atoms with E-state index in [2.05, 4.69) is 5.32 Å². The Labute approximate surface area is 210 Å². The predicted molar refractivity (Wildman–Crippen MR) is 141 cm³/mol. The van der Waals surface area contributed by atoms with E-state index in [0.29, 0.717) is 28.6 Å². The van der Waals surface area contributed by atoms with Gasteiger partial charge in [0.1, 0.15) is 12.4 Å². The number of nitrogens with one attached hydrogen (secondary N) is 1. The maximum Gasteiger partial charge on any atom is 0.251 e. The van der Waals surface area contributed by atoms with Crippen LogP contribution in [-0.4, -0.2) is 33.7 Å². The SMILES string of the molecule is CS(=O)(=O)N(Cc1ccc(C(=O)NCCOc2ccccc2Cl)cc1)c1ccc2ccccc2c1. The number of benzene rings is 4. The van der Waals surface area contributed by atoms with Crippen LogP contribution in [0.25, 0.3) is 10.8 Å². The number of ether oxygens (including phenoxy) is 1. The predicted octanol–water partition coefficient (Wildman–Crippen LogP) is 5.27. The molecular formula is C27H25ClN2O4S. The summed E-state index contributed by atoms with van der Waals surface area (Å²) >= 11 is 6.05. The van der Waals surface area contributed by atoms with Gasteiger partial charge < -0.3 is 10.1 Å². The second-order valence-corrected chi connectivity index (χ2v) is 10.3. The fourth-order valence-corrected chi connectivity index (χ4v) is 4.72. The molecule has 0 radical (unpaired) electrons. The molecule has 0 spiro atoms. The van der Waals surface area contributed by atoms with Crippen molar-refractivity contribution in [2.45, 2.75) is 6.54 Å². The summed E-state index contributed by atoms with van der Waals surface area (Å²) in [6, 6.07) is 27.4. The lowest BCUT2D eigenvalue weighted by Gasteiger charge is -2.23. The van der Waals surface area contributed by atoms with E-state index in [1.165, 1.54) is 10.6 Å². The highest BCUT2D eigenvalue weighted by Crippen LogP contribution is 2.26. The van der Waals surface area contributed by atoms with E-state index in [0.717, 1.165) is 16.3 Å². The minimum Gasteiger partial charge on any atom is -0.490 e. The van der Waals surface area contributed by atoms with E-state index in [1.807, 2.05) is 48.5 Å². The number of rotatable bonds is 9. The van der Waals surface area contributed by atoms with Gasteiger partial charge in [-0.15, -0.1) is 0 Å². The van der Waals surface area contributed by atoms with Crippen LogP contribution >= 0.6 is 11.6 Å². The summed E-state index contributed by atoms with van der Waals surface area (Å²) in [5.41, 5.74) is 1.83. The van der Waals surface area contributed by atoms with Gasteiger partial charge in [-0.05, 0) is 52.7 Å². The molecule has 0 atom stereocenters. The van der Waals surface area contributed by atoms with Crippen LogP contribution in [0, 0.1) is 0 Å². The maximum atomic E-state index is 12.6. The Morgan fingerprint density at radius 2 is 1.60 bits per heavy atom. The first-order chi connectivity index (χ1) is 16.8. The summed E-state index contributed by atoms with van der Waals surface area (Å²) in [4.78, 5) is 12.5. The Hall–Kier alpha value is -3.55. The normalized spacial score (nSPS) is 11.3. The maximum absolute atomic E-state index is 12.6. The quantitative estimate of drug-likeness (QED) is 0.312. The minimum absolute atomic E-state index is 0.157. The Morgan fingerprint density at radius 1 is 0.914 bits per heavy atom. The van der Waals surface area contributed by atoms with Crippen LogP contribution in [0.1, 0.15) is 15.9 Å². The van der Waals surface area contributed by atoms with Gasteiger partial charge in [0.15, 0.2) is 0 Å². The number of hydrogen-bond acceptors (Lipinski definition) is 4. The molecule has 8 heteroatoms. The number of carbonyl (C=O) groups excluding carboxylic acids is 1. The second kappa shape index (κ2) is 10.8. The lowest BCUT2D eigenvalue weighted by molar-refractivity contribution is 0.0947. The first kappa shape index (κ1) is 24.6. The third-order valence-corrected chi connectivity index (χ3v) is 6.90. The average Bonchev–Trinajstić information content (AvgIpc) is 2.85. The summed E-state index contributed by atoms with van der Waals surface area (Å²) < 4.78 is 32.1. The summed E-state index contributed by atoms with van der Waals surface area (Å²) in [6.45, 7) is 0.753. The zero-order chi connectivity index (χ0) is 24.8. The second-order valence-electron chi connectivity index (χ2n) is 8.03. The van der Waals surface area contributed by atoms with E-state index >= 15 is 0 Å². The Bertz CT molecular complexity index is 1440. The molecule has 4 aromatic carbocycles. The molecule has 6 nitrogen and oxygen atoms in total. The smallest absolute Gasteiger partial charge is 0.251 e. The molecule has 4 aromatic rings. The van der Waals surface area contributed by atoms with Crippen LogP contribution < -0.4 is 14.4 Å². The molecule has 0 saturated heterocycles. The van der Waals surface area contributed by atoms with Crippen molar-refractivity contribution in [3.8, 4) is 5.75 Å². The van der Waals surface area contributed by atoms with Crippen molar-refractivity contribution in [1.82, 2.24) is 5.32 Å². The van der Waals surface area contributed by atoms with E-state index in [4.69, 9.17) is 16.3 Å². The summed E-state index contributed by atoms with van der Waals surface area (Å²) in [6.07, 6.45) is 1.19. The van der Waals surface area contributed by atoms with Gasteiger partial charge in [0.25, 0.3) is 5.91 Å². The number of carbonyl (C=O) groups is 1. The van der Waals surface area contributed by atoms with Crippen LogP contribution in [0.4, 0.5) is 5.69 Å². The van der Waals surface area contributed by atoms with Crippen molar-refractivity contribution in [2.24, 2.45) is 0 Å². The molecule has 0 aliphatic carbocycles. The molecule has 4 rings (SSSR count). The number of anilines is 1. The van der Waals surface area contributed by atoms with Gasteiger partial charge in [-0.25, -0.2) is 8.42 Å². The molecule has 1 N–H and O–H groups in total. The molecule has 0 unspecified atom stereocenters. The molecule has 0 aliphatic rings. The van der Waals surface area contributed by atoms with Crippen LogP contribution in [0.2, 0.25) is 5.02 Å². The third kappa shape index (κ3) is 6.32. The molecule has 0 bridgehead atoms. The Kier molecular flexibility index (Phi) is 7.58. The van der Waals surface area contributed by atoms with Crippen LogP contribution in [0.15, 0.2) is 91.0 Å². The van der Waals surface area contributed by atoms with Crippen LogP contribution in [-0.2, 0) is 16.6 Å². The number of amides is 1. The monoisotopic (exact) mass is 508 g/mol. The third-order valence-electron chi connectivity index (χ3n) is 5.45. The molecule has 35 heavy (non-hydrogen) atoms.